The fourth-order valence-electron chi connectivity index (χ4n) is 5.36. The molecule has 186 valence electrons. The van der Waals surface area contributed by atoms with Crippen LogP contribution in [0.3, 0.4) is 0 Å². The Kier molecular flexibility index (Phi) is 6.30. The average molecular weight is 490 g/mol. The van der Waals surface area contributed by atoms with E-state index in [0.717, 1.165) is 35.4 Å². The van der Waals surface area contributed by atoms with E-state index in [1.807, 2.05) is 24.3 Å². The van der Waals surface area contributed by atoms with E-state index >= 15 is 0 Å². The topological polar surface area (TPSA) is 113 Å². The summed E-state index contributed by atoms with van der Waals surface area (Å²) in [4.78, 5) is 65.8. The molecule has 2 unspecified atom stereocenters. The van der Waals surface area contributed by atoms with Crippen LogP contribution in [0.2, 0.25) is 0 Å². The normalized spacial score (nSPS) is 20.7. The Bertz CT molecular complexity index is 1270. The summed E-state index contributed by atoms with van der Waals surface area (Å²) >= 11 is 0. The van der Waals surface area contributed by atoms with Gasteiger partial charge in [-0.05, 0) is 49.1 Å². The maximum absolute atomic E-state index is 13.4. The van der Waals surface area contributed by atoms with E-state index in [2.05, 4.69) is 5.32 Å². The Morgan fingerprint density at radius 1 is 0.972 bits per heavy atom. The van der Waals surface area contributed by atoms with Crippen LogP contribution < -0.4 is 10.2 Å². The lowest BCUT2D eigenvalue weighted by molar-refractivity contribution is -0.156. The zero-order chi connectivity index (χ0) is 25.4. The fraction of sp³-hybridized carbons (Fsp3) is 0.370. The summed E-state index contributed by atoms with van der Waals surface area (Å²) in [5.41, 5.74) is 2.84. The molecule has 1 fully saturated rings. The van der Waals surface area contributed by atoms with Crippen molar-refractivity contribution in [2.45, 2.75) is 32.1 Å². The highest BCUT2D eigenvalue weighted by Gasteiger charge is 2.40. The number of rotatable bonds is 5. The molecule has 2 heterocycles. The van der Waals surface area contributed by atoms with Crippen LogP contribution in [0, 0.1) is 11.8 Å². The monoisotopic (exact) mass is 489 g/mol. The van der Waals surface area contributed by atoms with Gasteiger partial charge in [0.25, 0.3) is 17.7 Å². The first-order valence-corrected chi connectivity index (χ1v) is 12.2. The zero-order valence-corrected chi connectivity index (χ0v) is 20.0. The fourth-order valence-corrected chi connectivity index (χ4v) is 5.36. The lowest BCUT2D eigenvalue weighted by atomic mass is 9.78. The Balaban J connectivity index is 1.20. The molecule has 0 spiro atoms. The molecule has 1 N–H and O–H groups in total. The number of esters is 1. The van der Waals surface area contributed by atoms with Gasteiger partial charge in [-0.2, -0.15) is 0 Å². The summed E-state index contributed by atoms with van der Waals surface area (Å²) in [7, 11) is 1.40. The van der Waals surface area contributed by atoms with Gasteiger partial charge in [0.15, 0.2) is 6.61 Å². The molecular formula is C27H27N3O6. The molecule has 2 aromatic rings. The Labute approximate surface area is 208 Å². The first-order chi connectivity index (χ1) is 17.3. The molecule has 3 aliphatic rings. The van der Waals surface area contributed by atoms with Gasteiger partial charge in [0.05, 0.1) is 23.0 Å². The summed E-state index contributed by atoms with van der Waals surface area (Å²) in [6, 6.07) is 12.2. The molecule has 2 aliphatic heterocycles. The molecule has 0 saturated heterocycles. The van der Waals surface area contributed by atoms with Gasteiger partial charge in [0.2, 0.25) is 5.91 Å². The number of carbonyl (C=O) groups is 5. The van der Waals surface area contributed by atoms with Crippen molar-refractivity contribution in [3.63, 3.8) is 0 Å². The molecule has 1 saturated carbocycles. The number of benzene rings is 2. The molecule has 9 heteroatoms. The van der Waals surface area contributed by atoms with Gasteiger partial charge in [0, 0.05) is 25.0 Å². The maximum atomic E-state index is 13.4. The van der Waals surface area contributed by atoms with Crippen molar-refractivity contribution in [3.8, 4) is 0 Å². The largest absolute Gasteiger partial charge is 0.455 e. The summed E-state index contributed by atoms with van der Waals surface area (Å²) in [6.07, 6.45) is 3.64. The minimum atomic E-state index is -0.592. The van der Waals surface area contributed by atoms with E-state index in [-0.39, 0.29) is 17.0 Å². The molecule has 0 aromatic heterocycles. The highest BCUT2D eigenvalue weighted by Crippen LogP contribution is 2.36. The van der Waals surface area contributed by atoms with Gasteiger partial charge in [-0.1, -0.05) is 31.0 Å². The second-order valence-corrected chi connectivity index (χ2v) is 9.45. The Morgan fingerprint density at radius 2 is 1.69 bits per heavy atom. The van der Waals surface area contributed by atoms with Gasteiger partial charge in [-0.25, -0.2) is 0 Å². The quantitative estimate of drug-likeness (QED) is 0.511. The highest BCUT2D eigenvalue weighted by atomic mass is 16.5. The molecule has 2 atom stereocenters. The van der Waals surface area contributed by atoms with Crippen molar-refractivity contribution < 1.29 is 28.7 Å². The molecular weight excluding hydrogens is 462 g/mol. The number of nitrogens with zero attached hydrogens (tertiary/aromatic N) is 2. The first-order valence-electron chi connectivity index (χ1n) is 12.2. The van der Waals surface area contributed by atoms with Crippen molar-refractivity contribution in [2.75, 3.05) is 30.4 Å². The van der Waals surface area contributed by atoms with Gasteiger partial charge < -0.3 is 15.0 Å². The van der Waals surface area contributed by atoms with E-state index < -0.39 is 42.1 Å². The minimum absolute atomic E-state index is 0.0617. The number of ether oxygens (including phenoxy) is 1. The van der Waals surface area contributed by atoms with Crippen LogP contribution in [0.25, 0.3) is 0 Å². The van der Waals surface area contributed by atoms with Crippen LogP contribution in [-0.2, 0) is 25.5 Å². The van der Waals surface area contributed by atoms with Gasteiger partial charge in [0.1, 0.15) is 0 Å². The van der Waals surface area contributed by atoms with Crippen LogP contribution >= 0.6 is 0 Å². The number of nitrogens with one attached hydrogen (secondary N) is 1. The predicted octanol–water partition coefficient (Wildman–Crippen LogP) is 2.79. The number of hydrogen-bond donors (Lipinski definition) is 1. The third kappa shape index (κ3) is 4.25. The predicted molar refractivity (Wildman–Crippen MR) is 130 cm³/mol. The van der Waals surface area contributed by atoms with Crippen LogP contribution in [0.15, 0.2) is 42.5 Å². The standard InChI is InChI=1S/C27H27N3O6/c1-29-24(32)19-11-10-17(14-21(19)25(29)33)28-23(31)15-36-27(35)20-8-4-3-7-18(20)26(34)30-13-12-16-6-2-5-9-22(16)30/h2,5-6,9-11,14,18,20H,3-4,7-8,12-13,15H2,1H3,(H,28,31). The van der Waals surface area contributed by atoms with Gasteiger partial charge in [-0.3, -0.25) is 28.9 Å². The van der Waals surface area contributed by atoms with Crippen molar-refractivity contribution in [3.05, 3.63) is 59.2 Å². The lowest BCUT2D eigenvalue weighted by Crippen LogP contribution is -2.42. The molecule has 1 aliphatic carbocycles. The first kappa shape index (κ1) is 23.7. The van der Waals surface area contributed by atoms with E-state index in [9.17, 15) is 24.0 Å². The number of fused-ring (bicyclic) bond motifs is 2. The van der Waals surface area contributed by atoms with Gasteiger partial charge >= 0.3 is 5.97 Å². The van der Waals surface area contributed by atoms with E-state index in [1.165, 1.54) is 25.2 Å². The summed E-state index contributed by atoms with van der Waals surface area (Å²) in [6.45, 7) is 0.0934. The number of anilines is 2. The molecule has 0 bridgehead atoms. The van der Waals surface area contributed by atoms with Gasteiger partial charge in [-0.15, -0.1) is 0 Å². The van der Waals surface area contributed by atoms with Crippen LogP contribution in [0.4, 0.5) is 11.4 Å². The third-order valence-electron chi connectivity index (χ3n) is 7.26. The maximum Gasteiger partial charge on any atom is 0.310 e. The molecule has 5 rings (SSSR count). The zero-order valence-electron chi connectivity index (χ0n) is 20.0. The smallest absolute Gasteiger partial charge is 0.310 e. The lowest BCUT2D eigenvalue weighted by Gasteiger charge is -2.32. The van der Waals surface area contributed by atoms with E-state index in [0.29, 0.717) is 25.1 Å². The second-order valence-electron chi connectivity index (χ2n) is 9.45. The molecule has 36 heavy (non-hydrogen) atoms. The second kappa shape index (κ2) is 9.56. The van der Waals surface area contributed by atoms with Crippen molar-refractivity contribution in [1.82, 2.24) is 4.90 Å². The number of carbonyl (C=O) groups excluding carboxylic acids is 5. The van der Waals surface area contributed by atoms with Crippen molar-refractivity contribution in [1.29, 1.82) is 0 Å². The highest BCUT2D eigenvalue weighted by molar-refractivity contribution is 6.21. The summed E-state index contributed by atoms with van der Waals surface area (Å²) in [5, 5.41) is 2.60. The Morgan fingerprint density at radius 3 is 2.50 bits per heavy atom. The molecule has 2 aromatic carbocycles. The van der Waals surface area contributed by atoms with E-state index in [4.69, 9.17) is 4.74 Å². The Hall–Kier alpha value is -4.01. The third-order valence-corrected chi connectivity index (χ3v) is 7.26. The summed E-state index contributed by atoms with van der Waals surface area (Å²) in [5.74, 6) is -3.08. The SMILES string of the molecule is CN1C(=O)c2ccc(NC(=O)COC(=O)C3CCCCC3C(=O)N3CCc4ccccc43)cc2C1=O. The number of amides is 4. The number of hydrogen-bond acceptors (Lipinski definition) is 6. The van der Waals surface area contributed by atoms with Crippen molar-refractivity contribution >= 4 is 41.0 Å². The molecule has 9 nitrogen and oxygen atoms in total. The minimum Gasteiger partial charge on any atom is -0.455 e. The molecule has 4 amide bonds. The number of para-hydroxylation sites is 1. The molecule has 0 radical (unpaired) electrons. The van der Waals surface area contributed by atoms with Crippen LogP contribution in [-0.4, -0.2) is 54.7 Å². The van der Waals surface area contributed by atoms with Crippen LogP contribution in [0.1, 0.15) is 52.0 Å². The van der Waals surface area contributed by atoms with Crippen LogP contribution in [0.5, 0.6) is 0 Å². The number of imide groups is 1. The van der Waals surface area contributed by atoms with Crippen molar-refractivity contribution in [2.24, 2.45) is 11.8 Å². The van der Waals surface area contributed by atoms with E-state index in [1.54, 1.807) is 4.90 Å². The summed E-state index contributed by atoms with van der Waals surface area (Å²) < 4.78 is 5.32. The average Bonchev–Trinajstić information content (AvgIpc) is 3.42.